The molecule has 14 heavy (non-hydrogen) atoms. The molecule has 1 saturated heterocycles. The van der Waals surface area contributed by atoms with E-state index in [-0.39, 0.29) is 12.0 Å². The Morgan fingerprint density at radius 1 is 1.64 bits per heavy atom. The maximum atomic E-state index is 9.46. The van der Waals surface area contributed by atoms with Crippen LogP contribution < -0.4 is 5.32 Å². The van der Waals surface area contributed by atoms with Gasteiger partial charge in [0.05, 0.1) is 12.8 Å². The third-order valence-electron chi connectivity index (χ3n) is 2.85. The fourth-order valence-corrected chi connectivity index (χ4v) is 2.67. The molecule has 0 aromatic carbocycles. The number of aliphatic hydroxyl groups is 1. The van der Waals surface area contributed by atoms with Gasteiger partial charge in [0, 0.05) is 16.8 Å². The summed E-state index contributed by atoms with van der Waals surface area (Å²) in [5.74, 6) is 0. The highest BCUT2D eigenvalue weighted by Crippen LogP contribution is 2.30. The van der Waals surface area contributed by atoms with Gasteiger partial charge in [0.2, 0.25) is 0 Å². The molecule has 1 aromatic rings. The van der Waals surface area contributed by atoms with Crippen molar-refractivity contribution in [3.8, 4) is 0 Å². The number of nitrogens with zero attached hydrogens (tertiary/aromatic N) is 2. The third kappa shape index (κ3) is 2.10. The Kier molecular flexibility index (Phi) is 3.10. The van der Waals surface area contributed by atoms with Gasteiger partial charge in [-0.1, -0.05) is 4.49 Å². The molecular formula is C9H15N3OS. The minimum absolute atomic E-state index is 0.0203. The highest BCUT2D eigenvalue weighted by atomic mass is 32.1. The fraction of sp³-hybridized carbons (Fsp3) is 0.778. The molecule has 2 rings (SSSR count). The summed E-state index contributed by atoms with van der Waals surface area (Å²) < 4.78 is 3.84. The zero-order chi connectivity index (χ0) is 9.86. The molecule has 1 aliphatic rings. The minimum Gasteiger partial charge on any atom is -0.396 e. The molecule has 2 N–H and O–H groups in total. The van der Waals surface area contributed by atoms with E-state index in [0.717, 1.165) is 32.4 Å². The van der Waals surface area contributed by atoms with E-state index in [1.165, 1.54) is 16.4 Å². The maximum Gasteiger partial charge on any atom is 0.0653 e. The van der Waals surface area contributed by atoms with Gasteiger partial charge in [0.25, 0.3) is 0 Å². The van der Waals surface area contributed by atoms with Crippen molar-refractivity contribution in [2.75, 3.05) is 19.7 Å². The second kappa shape index (κ2) is 4.33. The summed E-state index contributed by atoms with van der Waals surface area (Å²) in [5, 5.41) is 16.6. The van der Waals surface area contributed by atoms with Crippen molar-refractivity contribution in [3.05, 3.63) is 11.1 Å². The lowest BCUT2D eigenvalue weighted by atomic mass is 9.78. The van der Waals surface area contributed by atoms with Gasteiger partial charge in [-0.3, -0.25) is 0 Å². The topological polar surface area (TPSA) is 58.0 Å². The molecule has 0 aliphatic carbocycles. The second-order valence-electron chi connectivity index (χ2n) is 4.00. The van der Waals surface area contributed by atoms with Gasteiger partial charge in [0.15, 0.2) is 0 Å². The molecule has 0 bridgehead atoms. The summed E-state index contributed by atoms with van der Waals surface area (Å²) in [6, 6.07) is 0. The number of rotatable bonds is 3. The van der Waals surface area contributed by atoms with E-state index in [1.54, 1.807) is 6.20 Å². The lowest BCUT2D eigenvalue weighted by Crippen LogP contribution is -2.43. The quantitative estimate of drug-likeness (QED) is 0.765. The van der Waals surface area contributed by atoms with Crippen LogP contribution in [0.5, 0.6) is 0 Å². The van der Waals surface area contributed by atoms with Crippen LogP contribution in [-0.2, 0) is 6.42 Å². The van der Waals surface area contributed by atoms with Crippen LogP contribution in [0.4, 0.5) is 0 Å². The van der Waals surface area contributed by atoms with Crippen LogP contribution in [0, 0.1) is 5.41 Å². The van der Waals surface area contributed by atoms with Crippen LogP contribution in [0.3, 0.4) is 0 Å². The van der Waals surface area contributed by atoms with Gasteiger partial charge in [-0.2, -0.15) is 0 Å². The summed E-state index contributed by atoms with van der Waals surface area (Å²) >= 11 is 1.43. The summed E-state index contributed by atoms with van der Waals surface area (Å²) in [7, 11) is 0. The van der Waals surface area contributed by atoms with Crippen LogP contribution >= 0.6 is 11.5 Å². The van der Waals surface area contributed by atoms with E-state index in [9.17, 15) is 5.11 Å². The first-order valence-corrected chi connectivity index (χ1v) is 5.70. The standard InChI is InChI=1S/C9H15N3OS/c13-7-9(2-1-3-10-6-9)4-8-5-11-12-14-8/h5,10,13H,1-4,6-7H2. The molecular weight excluding hydrogens is 198 g/mol. The highest BCUT2D eigenvalue weighted by molar-refractivity contribution is 7.05. The van der Waals surface area contributed by atoms with Gasteiger partial charge in [0.1, 0.15) is 0 Å². The zero-order valence-electron chi connectivity index (χ0n) is 8.07. The van der Waals surface area contributed by atoms with E-state index in [4.69, 9.17) is 0 Å². The summed E-state index contributed by atoms with van der Waals surface area (Å²) in [4.78, 5) is 1.17. The molecule has 1 atom stereocenters. The van der Waals surface area contributed by atoms with Crippen LogP contribution in [-0.4, -0.2) is 34.4 Å². The molecule has 0 radical (unpaired) electrons. The average Bonchev–Trinajstić information content (AvgIpc) is 2.72. The van der Waals surface area contributed by atoms with Crippen molar-refractivity contribution in [2.24, 2.45) is 5.41 Å². The number of hydrogen-bond donors (Lipinski definition) is 2. The molecule has 0 amide bonds. The smallest absolute Gasteiger partial charge is 0.0653 e. The first-order chi connectivity index (χ1) is 6.85. The van der Waals surface area contributed by atoms with Gasteiger partial charge in [-0.05, 0) is 37.3 Å². The monoisotopic (exact) mass is 213 g/mol. The molecule has 4 nitrogen and oxygen atoms in total. The fourth-order valence-electron chi connectivity index (χ4n) is 2.01. The normalized spacial score (nSPS) is 27.8. The molecule has 2 heterocycles. The Balaban J connectivity index is 2.04. The Morgan fingerprint density at radius 3 is 3.14 bits per heavy atom. The second-order valence-corrected chi connectivity index (χ2v) is 4.87. The molecule has 1 aromatic heterocycles. The zero-order valence-corrected chi connectivity index (χ0v) is 8.89. The predicted molar refractivity (Wildman–Crippen MR) is 55.2 cm³/mol. The summed E-state index contributed by atoms with van der Waals surface area (Å²) in [6.07, 6.45) is 4.94. The van der Waals surface area contributed by atoms with Crippen molar-refractivity contribution in [1.82, 2.24) is 14.9 Å². The van der Waals surface area contributed by atoms with Gasteiger partial charge in [-0.25, -0.2) is 0 Å². The van der Waals surface area contributed by atoms with Crippen molar-refractivity contribution >= 4 is 11.5 Å². The summed E-state index contributed by atoms with van der Waals surface area (Å²) in [6.45, 7) is 2.22. The van der Waals surface area contributed by atoms with Crippen molar-refractivity contribution in [1.29, 1.82) is 0 Å². The molecule has 0 spiro atoms. The van der Waals surface area contributed by atoms with Crippen LogP contribution in [0.15, 0.2) is 6.20 Å². The van der Waals surface area contributed by atoms with E-state index in [0.29, 0.717) is 0 Å². The van der Waals surface area contributed by atoms with Crippen molar-refractivity contribution in [2.45, 2.75) is 19.3 Å². The number of nitrogens with one attached hydrogen (secondary N) is 1. The van der Waals surface area contributed by atoms with E-state index in [1.807, 2.05) is 0 Å². The largest absolute Gasteiger partial charge is 0.396 e. The lowest BCUT2D eigenvalue weighted by molar-refractivity contribution is 0.0955. The average molecular weight is 213 g/mol. The first-order valence-electron chi connectivity index (χ1n) is 4.92. The number of aromatic nitrogens is 2. The van der Waals surface area contributed by atoms with Crippen molar-refractivity contribution in [3.63, 3.8) is 0 Å². The third-order valence-corrected chi connectivity index (χ3v) is 3.51. The van der Waals surface area contributed by atoms with Crippen LogP contribution in [0.2, 0.25) is 0 Å². The minimum atomic E-state index is 0.0203. The van der Waals surface area contributed by atoms with E-state index >= 15 is 0 Å². The maximum absolute atomic E-state index is 9.46. The van der Waals surface area contributed by atoms with Crippen LogP contribution in [0.25, 0.3) is 0 Å². The molecule has 1 unspecified atom stereocenters. The van der Waals surface area contributed by atoms with Crippen LogP contribution in [0.1, 0.15) is 17.7 Å². The Hall–Kier alpha value is -0.520. The molecule has 78 valence electrons. The Bertz CT molecular complexity index is 270. The van der Waals surface area contributed by atoms with E-state index in [2.05, 4.69) is 14.9 Å². The predicted octanol–water partition coefficient (Wildman–Crippen LogP) is 0.443. The number of hydrogen-bond acceptors (Lipinski definition) is 5. The van der Waals surface area contributed by atoms with Crippen molar-refractivity contribution < 1.29 is 5.11 Å². The number of aliphatic hydroxyl groups excluding tert-OH is 1. The molecule has 1 aliphatic heterocycles. The highest BCUT2D eigenvalue weighted by Gasteiger charge is 2.32. The lowest BCUT2D eigenvalue weighted by Gasteiger charge is -2.35. The molecule has 5 heteroatoms. The number of piperidine rings is 1. The Labute approximate surface area is 87.5 Å². The Morgan fingerprint density at radius 2 is 2.57 bits per heavy atom. The molecule has 1 fully saturated rings. The van der Waals surface area contributed by atoms with E-state index < -0.39 is 0 Å². The summed E-state index contributed by atoms with van der Waals surface area (Å²) in [5.41, 5.74) is 0.0203. The first kappa shape index (κ1) is 10.0. The van der Waals surface area contributed by atoms with Gasteiger partial charge in [-0.15, -0.1) is 5.10 Å². The van der Waals surface area contributed by atoms with Gasteiger partial charge >= 0.3 is 0 Å². The SMILES string of the molecule is OCC1(Cc2cnns2)CCCNC1. The van der Waals surface area contributed by atoms with Gasteiger partial charge < -0.3 is 10.4 Å². The molecule has 0 saturated carbocycles.